The zero-order valence-electron chi connectivity index (χ0n) is 10.7. The third-order valence-corrected chi connectivity index (χ3v) is 3.70. The van der Waals surface area contributed by atoms with Crippen molar-refractivity contribution in [3.05, 3.63) is 54.4 Å². The van der Waals surface area contributed by atoms with Gasteiger partial charge in [0.1, 0.15) is 0 Å². The van der Waals surface area contributed by atoms with E-state index >= 15 is 0 Å². The number of carboxylic acid groups (broad SMARTS) is 1. The van der Waals surface area contributed by atoms with E-state index in [0.717, 1.165) is 6.08 Å². The molecule has 0 radical (unpaired) electrons. The summed E-state index contributed by atoms with van der Waals surface area (Å²) < 4.78 is 26.6. The molecule has 2 rings (SSSR count). The van der Waals surface area contributed by atoms with Crippen molar-refractivity contribution < 1.29 is 18.3 Å². The maximum atomic E-state index is 12.2. The van der Waals surface area contributed by atoms with Crippen LogP contribution < -0.4 is 4.72 Å². The van der Waals surface area contributed by atoms with E-state index in [9.17, 15) is 13.2 Å². The number of nitrogens with zero attached hydrogens (tertiary/aromatic N) is 2. The van der Waals surface area contributed by atoms with Crippen LogP contribution in [0.2, 0.25) is 0 Å². The highest BCUT2D eigenvalue weighted by molar-refractivity contribution is 7.92. The number of rotatable bonds is 5. The minimum atomic E-state index is -3.83. The lowest BCUT2D eigenvalue weighted by Crippen LogP contribution is -2.14. The summed E-state index contributed by atoms with van der Waals surface area (Å²) in [6.07, 6.45) is 5.06. The van der Waals surface area contributed by atoms with E-state index < -0.39 is 16.0 Å². The maximum Gasteiger partial charge on any atom is 0.328 e. The second-order valence-electron chi connectivity index (χ2n) is 3.92. The van der Waals surface area contributed by atoms with Gasteiger partial charge in [-0.05, 0) is 29.8 Å². The predicted molar refractivity (Wildman–Crippen MR) is 76.0 cm³/mol. The Morgan fingerprint density at radius 3 is 2.57 bits per heavy atom. The molecule has 0 aliphatic carbocycles. The summed E-state index contributed by atoms with van der Waals surface area (Å²) in [5, 5.41) is 8.56. The Balaban J connectivity index is 2.28. The van der Waals surface area contributed by atoms with Crippen LogP contribution in [-0.4, -0.2) is 29.5 Å². The van der Waals surface area contributed by atoms with Crippen LogP contribution in [0.15, 0.2) is 53.7 Å². The SMILES string of the molecule is O=C(O)C=Cc1cccc(S(=O)(=O)Nc2ncccn2)c1. The molecule has 1 heterocycles. The molecule has 2 N–H and O–H groups in total. The van der Waals surface area contributed by atoms with Crippen LogP contribution in [0.25, 0.3) is 6.08 Å². The van der Waals surface area contributed by atoms with E-state index in [1.807, 2.05) is 0 Å². The highest BCUT2D eigenvalue weighted by atomic mass is 32.2. The molecule has 0 atom stereocenters. The molecule has 0 amide bonds. The van der Waals surface area contributed by atoms with Crippen molar-refractivity contribution in [2.75, 3.05) is 4.72 Å². The third kappa shape index (κ3) is 4.11. The molecule has 0 saturated heterocycles. The number of sulfonamides is 1. The Kier molecular flexibility index (Phi) is 4.29. The first-order chi connectivity index (χ1) is 9.97. The maximum absolute atomic E-state index is 12.2. The molecule has 0 spiro atoms. The lowest BCUT2D eigenvalue weighted by molar-refractivity contribution is -0.131. The van der Waals surface area contributed by atoms with E-state index in [2.05, 4.69) is 14.7 Å². The monoisotopic (exact) mass is 305 g/mol. The van der Waals surface area contributed by atoms with Gasteiger partial charge in [0.25, 0.3) is 10.0 Å². The van der Waals surface area contributed by atoms with Gasteiger partial charge in [0.05, 0.1) is 4.90 Å². The van der Waals surface area contributed by atoms with Gasteiger partial charge in [-0.2, -0.15) is 0 Å². The van der Waals surface area contributed by atoms with Gasteiger partial charge in [-0.3, -0.25) is 0 Å². The van der Waals surface area contributed by atoms with Crippen LogP contribution in [-0.2, 0) is 14.8 Å². The average molecular weight is 305 g/mol. The van der Waals surface area contributed by atoms with Gasteiger partial charge in [-0.1, -0.05) is 12.1 Å². The number of carboxylic acids is 1. The average Bonchev–Trinajstić information content (AvgIpc) is 2.46. The molecule has 1 aromatic carbocycles. The fourth-order valence-electron chi connectivity index (χ4n) is 1.48. The van der Waals surface area contributed by atoms with E-state index in [0.29, 0.717) is 5.56 Å². The molecule has 0 aliphatic heterocycles. The molecule has 7 nitrogen and oxygen atoms in total. The first-order valence-electron chi connectivity index (χ1n) is 5.78. The van der Waals surface area contributed by atoms with Crippen molar-refractivity contribution in [2.45, 2.75) is 4.90 Å². The van der Waals surface area contributed by atoms with Gasteiger partial charge < -0.3 is 5.11 Å². The van der Waals surface area contributed by atoms with Gasteiger partial charge >= 0.3 is 5.97 Å². The summed E-state index contributed by atoms with van der Waals surface area (Å²) in [4.78, 5) is 18.0. The summed E-state index contributed by atoms with van der Waals surface area (Å²) in [5.41, 5.74) is 0.453. The van der Waals surface area contributed by atoms with Crippen LogP contribution >= 0.6 is 0 Å². The summed E-state index contributed by atoms with van der Waals surface area (Å²) in [6, 6.07) is 7.42. The Bertz CT molecular complexity index is 773. The van der Waals surface area contributed by atoms with Gasteiger partial charge in [-0.15, -0.1) is 0 Å². The number of hydrogen-bond donors (Lipinski definition) is 2. The Morgan fingerprint density at radius 2 is 1.90 bits per heavy atom. The molecule has 108 valence electrons. The Morgan fingerprint density at radius 1 is 1.19 bits per heavy atom. The molecule has 0 aliphatic rings. The number of hydrogen-bond acceptors (Lipinski definition) is 5. The van der Waals surface area contributed by atoms with Crippen molar-refractivity contribution in [1.82, 2.24) is 9.97 Å². The van der Waals surface area contributed by atoms with Gasteiger partial charge in [0, 0.05) is 18.5 Å². The van der Waals surface area contributed by atoms with E-state index in [1.54, 1.807) is 12.1 Å². The first-order valence-corrected chi connectivity index (χ1v) is 7.26. The lowest BCUT2D eigenvalue weighted by Gasteiger charge is -2.06. The zero-order valence-corrected chi connectivity index (χ0v) is 11.5. The fraction of sp³-hybridized carbons (Fsp3) is 0. The second-order valence-corrected chi connectivity index (χ2v) is 5.60. The topological polar surface area (TPSA) is 109 Å². The number of carbonyl (C=O) groups is 1. The number of anilines is 1. The molecule has 0 unspecified atom stereocenters. The number of benzene rings is 1. The van der Waals surface area contributed by atoms with Gasteiger partial charge in [-0.25, -0.2) is 27.9 Å². The molecular weight excluding hydrogens is 294 g/mol. The lowest BCUT2D eigenvalue weighted by atomic mass is 10.2. The second kappa shape index (κ2) is 6.14. The van der Waals surface area contributed by atoms with Crippen molar-refractivity contribution in [3.63, 3.8) is 0 Å². The van der Waals surface area contributed by atoms with Crippen molar-refractivity contribution >= 4 is 28.0 Å². The molecule has 0 fully saturated rings. The van der Waals surface area contributed by atoms with Crippen LogP contribution in [0.1, 0.15) is 5.56 Å². The third-order valence-electron chi connectivity index (χ3n) is 2.38. The summed E-state index contributed by atoms with van der Waals surface area (Å²) in [6.45, 7) is 0. The quantitative estimate of drug-likeness (QED) is 0.808. The predicted octanol–water partition coefficient (Wildman–Crippen LogP) is 1.38. The molecule has 2 aromatic rings. The summed E-state index contributed by atoms with van der Waals surface area (Å²) in [5.74, 6) is -1.15. The number of aliphatic carboxylic acids is 1. The van der Waals surface area contributed by atoms with Crippen LogP contribution in [0.5, 0.6) is 0 Å². The minimum Gasteiger partial charge on any atom is -0.478 e. The fourth-order valence-corrected chi connectivity index (χ4v) is 2.50. The highest BCUT2D eigenvalue weighted by Crippen LogP contribution is 2.15. The highest BCUT2D eigenvalue weighted by Gasteiger charge is 2.15. The first kappa shape index (κ1) is 14.7. The van der Waals surface area contributed by atoms with E-state index in [1.165, 1.54) is 36.7 Å². The smallest absolute Gasteiger partial charge is 0.328 e. The van der Waals surface area contributed by atoms with Crippen LogP contribution in [0, 0.1) is 0 Å². The van der Waals surface area contributed by atoms with Crippen molar-refractivity contribution in [3.8, 4) is 0 Å². The normalized spacial score (nSPS) is 11.4. The largest absolute Gasteiger partial charge is 0.478 e. The van der Waals surface area contributed by atoms with Crippen molar-refractivity contribution in [2.24, 2.45) is 0 Å². The van der Waals surface area contributed by atoms with E-state index in [4.69, 9.17) is 5.11 Å². The van der Waals surface area contributed by atoms with Crippen LogP contribution in [0.3, 0.4) is 0 Å². The molecule has 8 heteroatoms. The van der Waals surface area contributed by atoms with E-state index in [-0.39, 0.29) is 10.8 Å². The standard InChI is InChI=1S/C13H11N3O4S/c17-12(18)6-5-10-3-1-4-11(9-10)21(19,20)16-13-14-7-2-8-15-13/h1-9H,(H,17,18)(H,14,15,16). The molecule has 1 aromatic heterocycles. The van der Waals surface area contributed by atoms with Gasteiger partial charge in [0.15, 0.2) is 0 Å². The number of aromatic nitrogens is 2. The molecular formula is C13H11N3O4S. The summed E-state index contributed by atoms with van der Waals surface area (Å²) in [7, 11) is -3.83. The molecule has 0 saturated carbocycles. The Hall–Kier alpha value is -2.74. The summed E-state index contributed by atoms with van der Waals surface area (Å²) >= 11 is 0. The van der Waals surface area contributed by atoms with Crippen molar-refractivity contribution in [1.29, 1.82) is 0 Å². The van der Waals surface area contributed by atoms with Crippen LogP contribution in [0.4, 0.5) is 5.95 Å². The zero-order chi connectivity index (χ0) is 15.3. The number of nitrogens with one attached hydrogen (secondary N) is 1. The van der Waals surface area contributed by atoms with Gasteiger partial charge in [0.2, 0.25) is 5.95 Å². The molecule has 0 bridgehead atoms. The minimum absolute atomic E-state index is 0.0116. The Labute approximate surface area is 121 Å². The molecule has 21 heavy (non-hydrogen) atoms.